The van der Waals surface area contributed by atoms with Crippen LogP contribution in [0.2, 0.25) is 0 Å². The van der Waals surface area contributed by atoms with Crippen molar-refractivity contribution in [3.05, 3.63) is 12.2 Å². The van der Waals surface area contributed by atoms with Gasteiger partial charge in [-0.25, -0.2) is 5.92 Å². The molecular weight excluding hydrogens is 297 g/mol. The molecule has 97 valence electrons. The van der Waals surface area contributed by atoms with Crippen LogP contribution in [0.4, 0.5) is 0 Å². The molecule has 0 aromatic carbocycles. The first kappa shape index (κ1) is 20.2. The summed E-state index contributed by atoms with van der Waals surface area (Å²) in [5.41, 5.74) is 0.332. The van der Waals surface area contributed by atoms with Crippen LogP contribution in [0.1, 0.15) is 34.6 Å². The first-order chi connectivity index (χ1) is 7.93. The van der Waals surface area contributed by atoms with Crippen LogP contribution in [-0.4, -0.2) is 11.7 Å². The molecule has 0 aliphatic rings. The fourth-order valence-corrected chi connectivity index (χ4v) is 1.65. The van der Waals surface area contributed by atoms with E-state index in [-0.39, 0.29) is 45.2 Å². The van der Waals surface area contributed by atoms with Crippen LogP contribution in [-0.2, 0) is 32.7 Å². The molecule has 0 aromatic heterocycles. The van der Waals surface area contributed by atoms with Gasteiger partial charge in [0.05, 0.1) is 0 Å². The fraction of sp³-hybridized carbons (Fsp3) is 0.625. The summed E-state index contributed by atoms with van der Waals surface area (Å²) < 4.78 is 0. The third kappa shape index (κ3) is 7.38. The number of hydrogen-bond acceptors (Lipinski definition) is 1. The smallest absolute Gasteiger partial charge is 0.0403 e. The predicted molar refractivity (Wildman–Crippen MR) is 72.8 cm³/mol. The SMILES string of the molecule is [CH-]=C(C#CC(C)C(C)C(C)C(C)C#CC)CO.[Y]. The third-order valence-electron chi connectivity index (χ3n) is 3.41. The Labute approximate surface area is 138 Å². The van der Waals surface area contributed by atoms with Crippen LogP contribution in [0.3, 0.4) is 0 Å². The number of rotatable bonds is 4. The van der Waals surface area contributed by atoms with Gasteiger partial charge in [0, 0.05) is 51.2 Å². The van der Waals surface area contributed by atoms with E-state index < -0.39 is 0 Å². The van der Waals surface area contributed by atoms with Gasteiger partial charge >= 0.3 is 0 Å². The van der Waals surface area contributed by atoms with E-state index in [1.807, 2.05) is 6.92 Å². The van der Waals surface area contributed by atoms with E-state index in [0.29, 0.717) is 23.3 Å². The molecule has 1 radical (unpaired) electrons. The van der Waals surface area contributed by atoms with Crippen LogP contribution in [0, 0.1) is 53.9 Å². The van der Waals surface area contributed by atoms with Crippen LogP contribution in [0.15, 0.2) is 5.57 Å². The molecule has 1 N–H and O–H groups in total. The summed E-state index contributed by atoms with van der Waals surface area (Å²) in [5.74, 6) is 13.6. The van der Waals surface area contributed by atoms with E-state index in [0.717, 1.165) is 0 Å². The van der Waals surface area contributed by atoms with Crippen molar-refractivity contribution in [3.63, 3.8) is 0 Å². The molecule has 0 aromatic rings. The summed E-state index contributed by atoms with van der Waals surface area (Å²) in [6.45, 7) is 15.8. The number of aliphatic hydroxyl groups is 1. The second kappa shape index (κ2) is 10.8. The zero-order valence-electron chi connectivity index (χ0n) is 12.1. The maximum atomic E-state index is 8.77. The largest absolute Gasteiger partial charge is 0.394 e. The van der Waals surface area contributed by atoms with Crippen molar-refractivity contribution < 1.29 is 37.8 Å². The quantitative estimate of drug-likeness (QED) is 0.624. The van der Waals surface area contributed by atoms with E-state index >= 15 is 0 Å². The molecule has 0 spiro atoms. The van der Waals surface area contributed by atoms with E-state index in [1.165, 1.54) is 0 Å². The van der Waals surface area contributed by atoms with Crippen molar-refractivity contribution in [2.75, 3.05) is 6.61 Å². The van der Waals surface area contributed by atoms with Gasteiger partial charge in [0.15, 0.2) is 0 Å². The van der Waals surface area contributed by atoms with E-state index in [4.69, 9.17) is 11.7 Å². The van der Waals surface area contributed by atoms with Gasteiger partial charge in [-0.1, -0.05) is 27.7 Å². The fourth-order valence-electron chi connectivity index (χ4n) is 1.65. The van der Waals surface area contributed by atoms with Gasteiger partial charge in [-0.3, -0.25) is 6.58 Å². The van der Waals surface area contributed by atoms with Gasteiger partial charge in [0.1, 0.15) is 0 Å². The van der Waals surface area contributed by atoms with Crippen molar-refractivity contribution in [2.24, 2.45) is 23.7 Å². The number of hydrogen-bond donors (Lipinski definition) is 1. The van der Waals surface area contributed by atoms with E-state index in [1.54, 1.807) is 0 Å². The molecule has 2 heteroatoms. The molecule has 0 amide bonds. The normalized spacial score (nSPS) is 15.7. The molecule has 0 fully saturated rings. The van der Waals surface area contributed by atoms with Crippen molar-refractivity contribution in [3.8, 4) is 23.7 Å². The first-order valence-electron chi connectivity index (χ1n) is 6.10. The van der Waals surface area contributed by atoms with Crippen LogP contribution in [0.5, 0.6) is 0 Å². The van der Waals surface area contributed by atoms with Gasteiger partial charge in [0.2, 0.25) is 0 Å². The molecule has 0 heterocycles. The molecule has 1 nitrogen and oxygen atoms in total. The Balaban J connectivity index is 0. The Hall–Kier alpha value is -0.0761. The van der Waals surface area contributed by atoms with Crippen molar-refractivity contribution in [1.82, 2.24) is 0 Å². The zero-order valence-corrected chi connectivity index (χ0v) is 15.0. The zero-order chi connectivity index (χ0) is 13.4. The van der Waals surface area contributed by atoms with Crippen molar-refractivity contribution >= 4 is 0 Å². The minimum Gasteiger partial charge on any atom is -0.394 e. The maximum Gasteiger partial charge on any atom is 0.0403 e. The second-order valence-electron chi connectivity index (χ2n) is 4.64. The van der Waals surface area contributed by atoms with Gasteiger partial charge in [-0.05, 0) is 18.8 Å². The molecule has 4 atom stereocenters. The molecule has 0 saturated heterocycles. The Morgan fingerprint density at radius 3 is 1.89 bits per heavy atom. The summed E-state index contributed by atoms with van der Waals surface area (Å²) in [6.07, 6.45) is 0. The molecule has 18 heavy (non-hydrogen) atoms. The van der Waals surface area contributed by atoms with Gasteiger partial charge in [-0.2, -0.15) is 5.57 Å². The van der Waals surface area contributed by atoms with Gasteiger partial charge in [0.25, 0.3) is 0 Å². The monoisotopic (exact) mass is 320 g/mol. The van der Waals surface area contributed by atoms with Crippen molar-refractivity contribution in [1.29, 1.82) is 0 Å². The molecule has 0 aliphatic heterocycles. The summed E-state index contributed by atoms with van der Waals surface area (Å²) in [7, 11) is 0. The maximum absolute atomic E-state index is 8.77. The summed E-state index contributed by atoms with van der Waals surface area (Å²) >= 11 is 0. The minimum atomic E-state index is -0.165. The molecular formula is C16H23OY-. The Bertz CT molecular complexity index is 364. The average Bonchev–Trinajstić information content (AvgIpc) is 2.33. The summed E-state index contributed by atoms with van der Waals surface area (Å²) in [5, 5.41) is 8.77. The molecule has 0 bridgehead atoms. The van der Waals surface area contributed by atoms with Crippen molar-refractivity contribution in [2.45, 2.75) is 34.6 Å². The Kier molecular flexibility index (Phi) is 12.2. The number of aliphatic hydroxyl groups excluding tert-OH is 1. The topological polar surface area (TPSA) is 20.2 Å². The average molecular weight is 320 g/mol. The van der Waals surface area contributed by atoms with E-state index in [9.17, 15) is 0 Å². The van der Waals surface area contributed by atoms with Gasteiger partial charge < -0.3 is 11.0 Å². The van der Waals surface area contributed by atoms with Crippen LogP contribution in [0.25, 0.3) is 0 Å². The third-order valence-corrected chi connectivity index (χ3v) is 3.41. The Morgan fingerprint density at radius 2 is 1.50 bits per heavy atom. The van der Waals surface area contributed by atoms with Crippen LogP contribution < -0.4 is 0 Å². The summed E-state index contributed by atoms with van der Waals surface area (Å²) in [4.78, 5) is 0. The molecule has 4 unspecified atom stereocenters. The summed E-state index contributed by atoms with van der Waals surface area (Å²) in [6, 6.07) is 0. The standard InChI is InChI=1S/C16H23O.Y/c1-7-8-13(3)15(5)16(6)14(4)10-9-12(2)11-17;/h2,13-17H,11H2,1,3-6H3;/q-1;. The van der Waals surface area contributed by atoms with Crippen LogP contribution >= 0.6 is 0 Å². The first-order valence-corrected chi connectivity index (χ1v) is 6.10. The minimum absolute atomic E-state index is 0. The second-order valence-corrected chi connectivity index (χ2v) is 4.64. The molecule has 0 rings (SSSR count). The Morgan fingerprint density at radius 1 is 1.06 bits per heavy atom. The molecule has 0 saturated carbocycles. The molecule has 0 aliphatic carbocycles. The van der Waals surface area contributed by atoms with Gasteiger partial charge in [-0.15, -0.1) is 11.8 Å². The predicted octanol–water partition coefficient (Wildman–Crippen LogP) is 2.91. The van der Waals surface area contributed by atoms with E-state index in [2.05, 4.69) is 51.4 Å².